The fraction of sp³-hybridized carbons (Fsp3) is 0.571. The molecule has 18 heavy (non-hydrogen) atoms. The second kappa shape index (κ2) is 6.41. The van der Waals surface area contributed by atoms with Crippen LogP contribution in [0.1, 0.15) is 24.5 Å². The third-order valence-corrected chi connectivity index (χ3v) is 3.31. The molecule has 2 N–H and O–H groups in total. The Morgan fingerprint density at radius 1 is 1.50 bits per heavy atom. The molecule has 1 heterocycles. The first-order valence-corrected chi connectivity index (χ1v) is 6.91. The molecule has 1 unspecified atom stereocenters. The minimum absolute atomic E-state index is 0.400. The van der Waals surface area contributed by atoms with Gasteiger partial charge in [-0.2, -0.15) is 0 Å². The van der Waals surface area contributed by atoms with E-state index in [9.17, 15) is 5.11 Å². The first kappa shape index (κ1) is 13.7. The molecule has 0 radical (unpaired) electrons. The lowest BCUT2D eigenvalue weighted by atomic mass is 10.0. The van der Waals surface area contributed by atoms with Crippen molar-refractivity contribution in [1.29, 1.82) is 0 Å². The molecule has 0 saturated carbocycles. The highest BCUT2D eigenvalue weighted by molar-refractivity contribution is 6.30. The molecule has 2 rings (SSSR count). The molecule has 1 aliphatic rings. The molecular formula is C14H20ClNO2. The summed E-state index contributed by atoms with van der Waals surface area (Å²) in [6.45, 7) is 4.36. The Bertz CT molecular complexity index is 409. The summed E-state index contributed by atoms with van der Waals surface area (Å²) in [7, 11) is 0. The fourth-order valence-electron chi connectivity index (χ4n) is 2.27. The Kier molecular flexibility index (Phi) is 4.87. The van der Waals surface area contributed by atoms with Crippen molar-refractivity contribution < 1.29 is 9.84 Å². The van der Waals surface area contributed by atoms with Crippen LogP contribution in [0.15, 0.2) is 12.1 Å². The Morgan fingerprint density at radius 3 is 3.11 bits per heavy atom. The molecule has 100 valence electrons. The monoisotopic (exact) mass is 269 g/mol. The third-order valence-electron chi connectivity index (χ3n) is 3.09. The van der Waals surface area contributed by atoms with Gasteiger partial charge in [0.1, 0.15) is 5.75 Å². The lowest BCUT2D eigenvalue weighted by Gasteiger charge is -2.14. The number of halogens is 1. The van der Waals surface area contributed by atoms with Crippen molar-refractivity contribution in [2.24, 2.45) is 0 Å². The smallest absolute Gasteiger partial charge is 0.126 e. The summed E-state index contributed by atoms with van der Waals surface area (Å²) >= 11 is 6.09. The average molecular weight is 270 g/mol. The summed E-state index contributed by atoms with van der Waals surface area (Å²) in [5.74, 6) is 0.925. The van der Waals surface area contributed by atoms with Gasteiger partial charge >= 0.3 is 0 Å². The molecule has 1 atom stereocenters. The summed E-state index contributed by atoms with van der Waals surface area (Å²) in [4.78, 5) is 0. The zero-order chi connectivity index (χ0) is 13.0. The molecule has 1 aromatic rings. The number of hydrogen-bond donors (Lipinski definition) is 2. The van der Waals surface area contributed by atoms with Crippen LogP contribution in [0.3, 0.4) is 0 Å². The highest BCUT2D eigenvalue weighted by atomic mass is 35.5. The van der Waals surface area contributed by atoms with Crippen molar-refractivity contribution in [3.05, 3.63) is 28.3 Å². The Morgan fingerprint density at radius 2 is 2.33 bits per heavy atom. The van der Waals surface area contributed by atoms with Crippen molar-refractivity contribution in [2.75, 3.05) is 19.7 Å². The number of aliphatic hydroxyl groups is 1. The van der Waals surface area contributed by atoms with Crippen LogP contribution in [0, 0.1) is 0 Å². The number of benzene rings is 1. The summed E-state index contributed by atoms with van der Waals surface area (Å²) < 4.78 is 5.62. The zero-order valence-electron chi connectivity index (χ0n) is 10.7. The molecule has 1 aromatic carbocycles. The van der Waals surface area contributed by atoms with E-state index in [1.807, 2.05) is 12.1 Å². The average Bonchev–Trinajstić information content (AvgIpc) is 2.77. The van der Waals surface area contributed by atoms with E-state index in [0.717, 1.165) is 41.3 Å². The van der Waals surface area contributed by atoms with E-state index in [2.05, 4.69) is 12.2 Å². The minimum atomic E-state index is -0.400. The van der Waals surface area contributed by atoms with Crippen LogP contribution < -0.4 is 10.1 Å². The van der Waals surface area contributed by atoms with Crippen LogP contribution in [0.4, 0.5) is 0 Å². The van der Waals surface area contributed by atoms with E-state index in [-0.39, 0.29) is 0 Å². The minimum Gasteiger partial charge on any atom is -0.493 e. The predicted molar refractivity (Wildman–Crippen MR) is 73.5 cm³/mol. The molecule has 3 nitrogen and oxygen atoms in total. The molecule has 0 amide bonds. The van der Waals surface area contributed by atoms with Gasteiger partial charge in [-0.15, -0.1) is 0 Å². The lowest BCUT2D eigenvalue weighted by molar-refractivity contribution is 0.171. The van der Waals surface area contributed by atoms with E-state index in [1.54, 1.807) is 0 Å². The maximum atomic E-state index is 9.99. The number of rotatable bonds is 6. The van der Waals surface area contributed by atoms with Gasteiger partial charge in [-0.25, -0.2) is 0 Å². The topological polar surface area (TPSA) is 41.5 Å². The van der Waals surface area contributed by atoms with E-state index in [1.165, 1.54) is 0 Å². The van der Waals surface area contributed by atoms with Crippen molar-refractivity contribution >= 4 is 11.6 Å². The summed E-state index contributed by atoms with van der Waals surface area (Å²) in [6.07, 6.45) is 2.16. The highest BCUT2D eigenvalue weighted by Crippen LogP contribution is 2.33. The number of fused-ring (bicyclic) bond motifs is 1. The zero-order valence-corrected chi connectivity index (χ0v) is 11.5. The summed E-state index contributed by atoms with van der Waals surface area (Å²) in [5.41, 5.74) is 2.17. The second-order valence-corrected chi connectivity index (χ2v) is 5.15. The van der Waals surface area contributed by atoms with E-state index in [0.29, 0.717) is 19.6 Å². The molecule has 1 aliphatic heterocycles. The van der Waals surface area contributed by atoms with Crippen LogP contribution in [0.5, 0.6) is 5.75 Å². The largest absolute Gasteiger partial charge is 0.493 e. The maximum absolute atomic E-state index is 9.99. The molecule has 4 heteroatoms. The van der Waals surface area contributed by atoms with Gasteiger partial charge in [-0.05, 0) is 36.2 Å². The summed E-state index contributed by atoms with van der Waals surface area (Å²) in [5, 5.41) is 13.9. The standard InChI is InChI=1S/C14H20ClNO2/c1-2-4-16-9-13(17)8-11-7-12(15)6-10-3-5-18-14(10)11/h6-7,13,16-17H,2-5,8-9H2,1H3. The van der Waals surface area contributed by atoms with E-state index < -0.39 is 6.10 Å². The number of ether oxygens (including phenoxy) is 1. The van der Waals surface area contributed by atoms with Gasteiger partial charge in [0.2, 0.25) is 0 Å². The summed E-state index contributed by atoms with van der Waals surface area (Å²) in [6, 6.07) is 3.85. The van der Waals surface area contributed by atoms with Crippen molar-refractivity contribution in [3.63, 3.8) is 0 Å². The van der Waals surface area contributed by atoms with Crippen LogP contribution in [-0.2, 0) is 12.8 Å². The van der Waals surface area contributed by atoms with Crippen LogP contribution in [0.25, 0.3) is 0 Å². The van der Waals surface area contributed by atoms with Gasteiger partial charge < -0.3 is 15.2 Å². The molecule has 0 aliphatic carbocycles. The number of hydrogen-bond acceptors (Lipinski definition) is 3. The van der Waals surface area contributed by atoms with Crippen LogP contribution >= 0.6 is 11.6 Å². The molecular weight excluding hydrogens is 250 g/mol. The van der Waals surface area contributed by atoms with E-state index >= 15 is 0 Å². The fourth-order valence-corrected chi connectivity index (χ4v) is 2.53. The lowest BCUT2D eigenvalue weighted by Crippen LogP contribution is -2.29. The van der Waals surface area contributed by atoms with Crippen LogP contribution in [-0.4, -0.2) is 30.9 Å². The second-order valence-electron chi connectivity index (χ2n) is 4.71. The van der Waals surface area contributed by atoms with Crippen LogP contribution in [0.2, 0.25) is 5.02 Å². The molecule has 0 saturated heterocycles. The normalized spacial score (nSPS) is 15.3. The van der Waals surface area contributed by atoms with Gasteiger partial charge in [0.15, 0.2) is 0 Å². The molecule has 0 aromatic heterocycles. The first-order chi connectivity index (χ1) is 8.70. The van der Waals surface area contributed by atoms with Gasteiger partial charge in [-0.3, -0.25) is 0 Å². The van der Waals surface area contributed by atoms with Gasteiger partial charge in [-0.1, -0.05) is 18.5 Å². The van der Waals surface area contributed by atoms with Crippen molar-refractivity contribution in [2.45, 2.75) is 32.3 Å². The predicted octanol–water partition coefficient (Wildman–Crippen LogP) is 2.18. The van der Waals surface area contributed by atoms with E-state index in [4.69, 9.17) is 16.3 Å². The molecule has 0 spiro atoms. The third kappa shape index (κ3) is 3.37. The highest BCUT2D eigenvalue weighted by Gasteiger charge is 2.19. The maximum Gasteiger partial charge on any atom is 0.126 e. The van der Waals surface area contributed by atoms with Gasteiger partial charge in [0.05, 0.1) is 12.7 Å². The van der Waals surface area contributed by atoms with Gasteiger partial charge in [0, 0.05) is 24.4 Å². The van der Waals surface area contributed by atoms with Gasteiger partial charge in [0.25, 0.3) is 0 Å². The first-order valence-electron chi connectivity index (χ1n) is 6.53. The van der Waals surface area contributed by atoms with Crippen molar-refractivity contribution in [3.8, 4) is 5.75 Å². The quantitative estimate of drug-likeness (QED) is 0.778. The van der Waals surface area contributed by atoms with Crippen molar-refractivity contribution in [1.82, 2.24) is 5.32 Å². The number of nitrogens with one attached hydrogen (secondary N) is 1. The Hall–Kier alpha value is -0.770. The Labute approximate surface area is 113 Å². The molecule has 0 bridgehead atoms. The Balaban J connectivity index is 2.00. The SMILES string of the molecule is CCCNCC(O)Cc1cc(Cl)cc2c1OCC2. The number of aliphatic hydroxyl groups excluding tert-OH is 1. The molecule has 0 fully saturated rings.